The molecule has 1 fully saturated rings. The summed E-state index contributed by atoms with van der Waals surface area (Å²) in [7, 11) is 0. The van der Waals surface area contributed by atoms with E-state index in [1.165, 1.54) is 12.1 Å². The number of aliphatic hydroxyl groups is 1. The van der Waals surface area contributed by atoms with Gasteiger partial charge in [-0.1, -0.05) is 0 Å². The van der Waals surface area contributed by atoms with Crippen LogP contribution in [0.25, 0.3) is 0 Å². The van der Waals surface area contributed by atoms with Crippen molar-refractivity contribution < 1.29 is 27.8 Å². The molecule has 0 unspecified atom stereocenters. The highest BCUT2D eigenvalue weighted by molar-refractivity contribution is 7.81. The third-order valence-electron chi connectivity index (χ3n) is 5.33. The van der Waals surface area contributed by atoms with E-state index in [9.17, 15) is 18.0 Å². The average Bonchev–Trinajstić information content (AvgIpc) is 2.92. The smallest absolute Gasteiger partial charge is 0.417 e. The number of aryl methyl sites for hydroxylation is 1. The molecule has 1 saturated heterocycles. The predicted molar refractivity (Wildman–Crippen MR) is 121 cm³/mol. The van der Waals surface area contributed by atoms with Crippen molar-refractivity contribution in [3.05, 3.63) is 53.1 Å². The molecule has 174 valence electrons. The highest BCUT2D eigenvalue weighted by Crippen LogP contribution is 2.40. The van der Waals surface area contributed by atoms with Crippen molar-refractivity contribution in [1.29, 1.82) is 5.26 Å². The van der Waals surface area contributed by atoms with Gasteiger partial charge in [-0.05, 0) is 75.0 Å². The average molecular weight is 478 g/mol. The number of benzene rings is 2. The van der Waals surface area contributed by atoms with Gasteiger partial charge in [0.05, 0.1) is 29.5 Å². The molecular formula is C23H22F3N3O3S. The lowest BCUT2D eigenvalue weighted by Gasteiger charge is -2.30. The first-order chi connectivity index (χ1) is 15.4. The Labute approximate surface area is 194 Å². The van der Waals surface area contributed by atoms with E-state index in [0.717, 1.165) is 22.6 Å². The van der Waals surface area contributed by atoms with Crippen LogP contribution < -0.4 is 14.5 Å². The molecule has 0 spiro atoms. The number of alkyl halides is 3. The van der Waals surface area contributed by atoms with Crippen molar-refractivity contribution in [3.63, 3.8) is 0 Å². The number of anilines is 2. The van der Waals surface area contributed by atoms with Crippen LogP contribution >= 0.6 is 12.2 Å². The molecule has 0 bridgehead atoms. The van der Waals surface area contributed by atoms with Crippen molar-refractivity contribution in [3.8, 4) is 11.8 Å². The molecule has 6 nitrogen and oxygen atoms in total. The SMILES string of the molecule is Cc1cc(N2C(=S)N(c3ccc(C#N)c(C(F)(F)F)c3)C(=O)C2(C)C)ccc1OCCCO. The van der Waals surface area contributed by atoms with E-state index >= 15 is 0 Å². The second kappa shape index (κ2) is 9.00. The first-order valence-corrected chi connectivity index (χ1v) is 10.5. The lowest BCUT2D eigenvalue weighted by atomic mass is 10.0. The van der Waals surface area contributed by atoms with Crippen molar-refractivity contribution in [2.75, 3.05) is 23.0 Å². The Hall–Kier alpha value is -3.16. The molecule has 1 aliphatic rings. The van der Waals surface area contributed by atoms with Gasteiger partial charge in [-0.3, -0.25) is 9.69 Å². The fourth-order valence-corrected chi connectivity index (χ4v) is 4.16. The van der Waals surface area contributed by atoms with E-state index in [-0.39, 0.29) is 17.4 Å². The molecule has 1 N–H and O–H groups in total. The minimum absolute atomic E-state index is 0.0106. The number of halogens is 3. The van der Waals surface area contributed by atoms with Gasteiger partial charge in [0.2, 0.25) is 0 Å². The molecular weight excluding hydrogens is 455 g/mol. The van der Waals surface area contributed by atoms with Gasteiger partial charge >= 0.3 is 6.18 Å². The summed E-state index contributed by atoms with van der Waals surface area (Å²) in [6.45, 7) is 5.45. The van der Waals surface area contributed by atoms with Crippen molar-refractivity contribution in [2.24, 2.45) is 0 Å². The summed E-state index contributed by atoms with van der Waals surface area (Å²) in [6, 6.07) is 9.82. The number of ether oxygens (including phenoxy) is 1. The van der Waals surface area contributed by atoms with Gasteiger partial charge in [-0.15, -0.1) is 0 Å². The van der Waals surface area contributed by atoms with Crippen LogP contribution in [0.15, 0.2) is 36.4 Å². The van der Waals surface area contributed by atoms with Crippen molar-refractivity contribution >= 4 is 34.6 Å². The summed E-state index contributed by atoms with van der Waals surface area (Å²) in [5.41, 5.74) is -1.55. The Bertz CT molecular complexity index is 1140. The van der Waals surface area contributed by atoms with Gasteiger partial charge in [0.25, 0.3) is 5.91 Å². The van der Waals surface area contributed by atoms with Crippen LogP contribution in [0.5, 0.6) is 5.75 Å². The maximum absolute atomic E-state index is 13.5. The summed E-state index contributed by atoms with van der Waals surface area (Å²) in [4.78, 5) is 15.9. The summed E-state index contributed by atoms with van der Waals surface area (Å²) in [6.07, 6.45) is -4.28. The maximum atomic E-state index is 13.5. The molecule has 2 aromatic rings. The predicted octanol–water partition coefficient (Wildman–Crippen LogP) is 4.56. The van der Waals surface area contributed by atoms with Crippen molar-refractivity contribution in [1.82, 2.24) is 0 Å². The third kappa shape index (κ3) is 4.51. The van der Waals surface area contributed by atoms with E-state index < -0.39 is 28.7 Å². The number of hydrogen-bond donors (Lipinski definition) is 1. The van der Waals surface area contributed by atoms with Gasteiger partial charge < -0.3 is 14.7 Å². The molecule has 1 heterocycles. The minimum atomic E-state index is -4.76. The first kappa shape index (κ1) is 24.5. The summed E-state index contributed by atoms with van der Waals surface area (Å²) < 4.78 is 46.0. The standard InChI is InChI=1S/C23H22F3N3O3S/c1-14-11-17(7-8-19(14)32-10-4-9-30)29-21(33)28(20(31)22(29,2)3)16-6-5-15(13-27)18(12-16)23(24,25)26/h5-8,11-12,30H,4,9-10H2,1-3H3. The van der Waals surface area contributed by atoms with E-state index in [2.05, 4.69) is 0 Å². The summed E-state index contributed by atoms with van der Waals surface area (Å²) in [5, 5.41) is 18.0. The van der Waals surface area contributed by atoms with E-state index in [0.29, 0.717) is 24.5 Å². The van der Waals surface area contributed by atoms with E-state index in [1.54, 1.807) is 36.9 Å². The largest absolute Gasteiger partial charge is 0.493 e. The van der Waals surface area contributed by atoms with Gasteiger partial charge in [0.1, 0.15) is 11.3 Å². The van der Waals surface area contributed by atoms with Gasteiger partial charge in [-0.25, -0.2) is 0 Å². The summed E-state index contributed by atoms with van der Waals surface area (Å²) in [5.74, 6) is 0.117. The van der Waals surface area contributed by atoms with E-state index in [1.807, 2.05) is 6.92 Å². The Balaban J connectivity index is 2.01. The number of nitriles is 1. The Kier molecular flexibility index (Phi) is 6.68. The highest BCUT2D eigenvalue weighted by Gasteiger charge is 2.50. The van der Waals surface area contributed by atoms with Crippen LogP contribution in [-0.4, -0.2) is 34.9 Å². The lowest BCUT2D eigenvalue weighted by molar-refractivity contribution is -0.137. The molecule has 2 aromatic carbocycles. The molecule has 1 amide bonds. The highest BCUT2D eigenvalue weighted by atomic mass is 32.1. The third-order valence-corrected chi connectivity index (χ3v) is 5.70. The molecule has 33 heavy (non-hydrogen) atoms. The van der Waals surface area contributed by atoms with Crippen LogP contribution in [-0.2, 0) is 11.0 Å². The quantitative estimate of drug-likeness (QED) is 0.486. The monoisotopic (exact) mass is 477 g/mol. The fourth-order valence-electron chi connectivity index (χ4n) is 3.64. The number of amides is 1. The first-order valence-electron chi connectivity index (χ1n) is 10.1. The number of rotatable bonds is 6. The molecule has 0 aliphatic carbocycles. The second-order valence-electron chi connectivity index (χ2n) is 8.03. The molecule has 3 rings (SSSR count). The van der Waals surface area contributed by atoms with Crippen molar-refractivity contribution in [2.45, 2.75) is 38.9 Å². The molecule has 0 atom stereocenters. The number of carbonyl (C=O) groups is 1. The molecule has 10 heteroatoms. The van der Waals surface area contributed by atoms with Crippen LogP contribution in [0.1, 0.15) is 37.0 Å². The Morgan fingerprint density at radius 1 is 1.18 bits per heavy atom. The second-order valence-corrected chi connectivity index (χ2v) is 8.40. The molecule has 0 radical (unpaired) electrons. The maximum Gasteiger partial charge on any atom is 0.417 e. The lowest BCUT2D eigenvalue weighted by Crippen LogP contribution is -2.44. The zero-order chi connectivity index (χ0) is 24.6. The topological polar surface area (TPSA) is 76.8 Å². The number of aliphatic hydroxyl groups excluding tert-OH is 1. The van der Waals surface area contributed by atoms with E-state index in [4.69, 9.17) is 27.3 Å². The van der Waals surface area contributed by atoms with Gasteiger partial charge in [0, 0.05) is 18.7 Å². The van der Waals surface area contributed by atoms with Crippen LogP contribution in [0, 0.1) is 18.3 Å². The number of carbonyl (C=O) groups excluding carboxylic acids is 1. The number of thiocarbonyl (C=S) groups is 1. The molecule has 0 aromatic heterocycles. The zero-order valence-electron chi connectivity index (χ0n) is 18.2. The fraction of sp³-hybridized carbons (Fsp3) is 0.348. The number of hydrogen-bond acceptors (Lipinski definition) is 5. The van der Waals surface area contributed by atoms with Gasteiger partial charge in [0.15, 0.2) is 5.11 Å². The van der Waals surface area contributed by atoms with Crippen LogP contribution in [0.3, 0.4) is 0 Å². The Morgan fingerprint density at radius 3 is 2.42 bits per heavy atom. The number of nitrogens with zero attached hydrogens (tertiary/aromatic N) is 3. The van der Waals surface area contributed by atoms with Crippen LogP contribution in [0.2, 0.25) is 0 Å². The van der Waals surface area contributed by atoms with Crippen LogP contribution in [0.4, 0.5) is 24.5 Å². The minimum Gasteiger partial charge on any atom is -0.493 e. The zero-order valence-corrected chi connectivity index (χ0v) is 19.0. The Morgan fingerprint density at radius 2 is 1.85 bits per heavy atom. The summed E-state index contributed by atoms with van der Waals surface area (Å²) >= 11 is 5.54. The van der Waals surface area contributed by atoms with Gasteiger partial charge in [-0.2, -0.15) is 18.4 Å². The molecule has 1 aliphatic heterocycles. The normalized spacial score (nSPS) is 15.7. The molecule has 0 saturated carbocycles.